The highest BCUT2D eigenvalue weighted by molar-refractivity contribution is 9.10. The van der Waals surface area contributed by atoms with Crippen LogP contribution >= 0.6 is 27.3 Å². The molecule has 0 unspecified atom stereocenters. The molecule has 1 aliphatic rings. The number of nitrogens with two attached hydrogens (primary N) is 1. The van der Waals surface area contributed by atoms with Crippen LogP contribution in [-0.4, -0.2) is 48.9 Å². The van der Waals surface area contributed by atoms with Crippen LogP contribution in [-0.2, 0) is 11.3 Å². The maximum atomic E-state index is 12.2. The molecule has 0 saturated heterocycles. The number of halogens is 1. The van der Waals surface area contributed by atoms with Gasteiger partial charge >= 0.3 is 0 Å². The summed E-state index contributed by atoms with van der Waals surface area (Å²) in [5.74, 6) is 0.596. The Kier molecular flexibility index (Phi) is 6.04. The molecule has 0 aliphatic heterocycles. The minimum atomic E-state index is -0.374. The Hall–Kier alpha value is -2.96. The number of benzene rings is 1. The fourth-order valence-corrected chi connectivity index (χ4v) is 5.53. The fourth-order valence-electron chi connectivity index (χ4n) is 4.37. The maximum Gasteiger partial charge on any atom is 0.225 e. The van der Waals surface area contributed by atoms with Crippen molar-refractivity contribution in [2.24, 2.45) is 11.1 Å². The van der Waals surface area contributed by atoms with Crippen molar-refractivity contribution in [3.05, 3.63) is 40.1 Å². The lowest BCUT2D eigenvalue weighted by atomic mass is 9.87. The van der Waals surface area contributed by atoms with Gasteiger partial charge in [-0.15, -0.1) is 10.2 Å². The van der Waals surface area contributed by atoms with Crippen LogP contribution in [0.25, 0.3) is 27.3 Å². The van der Waals surface area contributed by atoms with Crippen molar-refractivity contribution in [1.82, 2.24) is 35.3 Å². The number of rotatable bonds is 6. The number of carbonyl (C=O) groups excluding carboxylic acids is 1. The van der Waals surface area contributed by atoms with E-state index in [1.54, 1.807) is 17.9 Å². The van der Waals surface area contributed by atoms with Gasteiger partial charge in [-0.3, -0.25) is 4.79 Å². The van der Waals surface area contributed by atoms with Gasteiger partial charge in [0.05, 0.1) is 11.1 Å². The van der Waals surface area contributed by atoms with E-state index in [1.807, 2.05) is 31.2 Å². The van der Waals surface area contributed by atoms with Crippen molar-refractivity contribution in [3.8, 4) is 16.3 Å². The van der Waals surface area contributed by atoms with Gasteiger partial charge < -0.3 is 16.4 Å². The zero-order valence-corrected chi connectivity index (χ0v) is 21.2. The SMILES string of the molecule is CNC(=O)[C@]1(C)CC[C@@H](Nc2ncc3c(Br)nn(-c4ccc(-c5nnc(CN)s5)cc4)c3n2)C1. The molecule has 176 valence electrons. The smallest absolute Gasteiger partial charge is 0.225 e. The molecule has 3 aromatic heterocycles. The second-order valence-electron chi connectivity index (χ2n) is 8.61. The molecule has 0 spiro atoms. The fraction of sp³-hybridized carbons (Fsp3) is 0.364. The molecular formula is C22H24BrN9OS. The van der Waals surface area contributed by atoms with Crippen LogP contribution in [0.5, 0.6) is 0 Å². The van der Waals surface area contributed by atoms with E-state index in [4.69, 9.17) is 10.7 Å². The van der Waals surface area contributed by atoms with Crippen molar-refractivity contribution >= 4 is 50.2 Å². The van der Waals surface area contributed by atoms with E-state index in [0.29, 0.717) is 22.7 Å². The van der Waals surface area contributed by atoms with Crippen LogP contribution in [0, 0.1) is 5.41 Å². The lowest BCUT2D eigenvalue weighted by Gasteiger charge is -2.22. The first kappa shape index (κ1) is 22.8. The molecule has 1 aliphatic carbocycles. The second-order valence-corrected chi connectivity index (χ2v) is 10.4. The summed E-state index contributed by atoms with van der Waals surface area (Å²) < 4.78 is 2.45. The monoisotopic (exact) mass is 541 g/mol. The molecule has 1 saturated carbocycles. The first-order valence-electron chi connectivity index (χ1n) is 10.9. The van der Waals surface area contributed by atoms with Crippen LogP contribution in [0.1, 0.15) is 31.2 Å². The van der Waals surface area contributed by atoms with Gasteiger partial charge in [0.1, 0.15) is 14.6 Å². The van der Waals surface area contributed by atoms with E-state index in [0.717, 1.165) is 45.9 Å². The number of anilines is 1. The number of nitrogens with one attached hydrogen (secondary N) is 2. The Morgan fingerprint density at radius 2 is 2.12 bits per heavy atom. The highest BCUT2D eigenvalue weighted by Gasteiger charge is 2.40. The third kappa shape index (κ3) is 4.17. The van der Waals surface area contributed by atoms with Gasteiger partial charge in [-0.2, -0.15) is 10.1 Å². The van der Waals surface area contributed by atoms with Gasteiger partial charge in [0.15, 0.2) is 5.65 Å². The Labute approximate surface area is 208 Å². The van der Waals surface area contributed by atoms with Gasteiger partial charge in [0.25, 0.3) is 0 Å². The summed E-state index contributed by atoms with van der Waals surface area (Å²) in [6, 6.07) is 8.04. The maximum absolute atomic E-state index is 12.2. The number of carbonyl (C=O) groups is 1. The van der Waals surface area contributed by atoms with E-state index in [2.05, 4.69) is 46.8 Å². The van der Waals surface area contributed by atoms with Gasteiger partial charge in [-0.25, -0.2) is 9.67 Å². The Bertz CT molecular complexity index is 1350. The van der Waals surface area contributed by atoms with Gasteiger partial charge in [0, 0.05) is 36.8 Å². The zero-order chi connectivity index (χ0) is 23.9. The Morgan fingerprint density at radius 3 is 2.82 bits per heavy atom. The van der Waals surface area contributed by atoms with Crippen LogP contribution in [0.15, 0.2) is 35.1 Å². The summed E-state index contributed by atoms with van der Waals surface area (Å²) in [6.07, 6.45) is 4.20. The molecule has 1 aromatic carbocycles. The summed E-state index contributed by atoms with van der Waals surface area (Å²) in [7, 11) is 1.68. The molecule has 0 radical (unpaired) electrons. The molecule has 12 heteroatoms. The van der Waals surface area contributed by atoms with Crippen molar-refractivity contribution in [3.63, 3.8) is 0 Å². The summed E-state index contributed by atoms with van der Waals surface area (Å²) in [4.78, 5) is 21.5. The summed E-state index contributed by atoms with van der Waals surface area (Å²) in [5.41, 5.74) is 7.79. The molecule has 3 heterocycles. The molecule has 1 amide bonds. The molecule has 5 rings (SSSR count). The van der Waals surface area contributed by atoms with Crippen LogP contribution < -0.4 is 16.4 Å². The summed E-state index contributed by atoms with van der Waals surface area (Å²) in [5, 5.41) is 21.5. The predicted molar refractivity (Wildman–Crippen MR) is 135 cm³/mol. The van der Waals surface area contributed by atoms with Crippen LogP contribution in [0.4, 0.5) is 5.95 Å². The molecule has 4 N–H and O–H groups in total. The first-order valence-corrected chi connectivity index (χ1v) is 12.5. The van der Waals surface area contributed by atoms with Gasteiger partial charge in [-0.05, 0) is 59.5 Å². The highest BCUT2D eigenvalue weighted by atomic mass is 79.9. The topological polar surface area (TPSA) is 137 Å². The van der Waals surface area contributed by atoms with Gasteiger partial charge in [0.2, 0.25) is 11.9 Å². The number of amides is 1. The number of hydrogen-bond donors (Lipinski definition) is 3. The molecule has 34 heavy (non-hydrogen) atoms. The van der Waals surface area contributed by atoms with Crippen molar-refractivity contribution in [2.45, 2.75) is 38.8 Å². The largest absolute Gasteiger partial charge is 0.359 e. The lowest BCUT2D eigenvalue weighted by Crippen LogP contribution is -2.35. The van der Waals surface area contributed by atoms with E-state index < -0.39 is 0 Å². The number of fused-ring (bicyclic) bond motifs is 1. The van der Waals surface area contributed by atoms with E-state index in [9.17, 15) is 4.79 Å². The minimum absolute atomic E-state index is 0.0754. The number of hydrogen-bond acceptors (Lipinski definition) is 9. The number of nitrogens with zero attached hydrogens (tertiary/aromatic N) is 6. The highest BCUT2D eigenvalue weighted by Crippen LogP contribution is 2.39. The standard InChI is InChI=1S/C22H24BrN9OS/c1-22(20(33)25-2)8-7-13(9-22)27-21-26-11-15-17(23)31-32(18(15)28-21)14-5-3-12(4-6-14)19-30-29-16(10-24)34-19/h3-6,11,13H,7-10,24H2,1-2H3,(H,25,33)(H,26,27,28)/t13-,22-/m1/s1. The predicted octanol–water partition coefficient (Wildman–Crippen LogP) is 3.27. The van der Waals surface area contributed by atoms with Crippen LogP contribution in [0.2, 0.25) is 0 Å². The normalized spacial score (nSPS) is 20.1. The van der Waals surface area contributed by atoms with Gasteiger partial charge in [-0.1, -0.05) is 18.3 Å². The quantitative estimate of drug-likeness (QED) is 0.338. The number of aromatic nitrogens is 6. The Balaban J connectivity index is 1.41. The average molecular weight is 542 g/mol. The Morgan fingerprint density at radius 1 is 1.32 bits per heavy atom. The molecular weight excluding hydrogens is 518 g/mol. The minimum Gasteiger partial charge on any atom is -0.359 e. The summed E-state index contributed by atoms with van der Waals surface area (Å²) in [6.45, 7) is 2.39. The molecule has 4 aromatic rings. The average Bonchev–Trinajstić information content (AvgIpc) is 3.57. The molecule has 2 atom stereocenters. The van der Waals surface area contributed by atoms with Crippen molar-refractivity contribution in [1.29, 1.82) is 0 Å². The summed E-state index contributed by atoms with van der Waals surface area (Å²) >= 11 is 5.01. The third-order valence-corrected chi connectivity index (χ3v) is 7.81. The molecule has 10 nitrogen and oxygen atoms in total. The first-order chi connectivity index (χ1) is 16.4. The van der Waals surface area contributed by atoms with Crippen molar-refractivity contribution in [2.75, 3.05) is 12.4 Å². The molecule has 1 fully saturated rings. The van der Waals surface area contributed by atoms with E-state index >= 15 is 0 Å². The molecule has 0 bridgehead atoms. The second kappa shape index (κ2) is 9.01. The van der Waals surface area contributed by atoms with Crippen molar-refractivity contribution < 1.29 is 4.79 Å². The van der Waals surface area contributed by atoms with E-state index in [1.165, 1.54) is 11.3 Å². The third-order valence-electron chi connectivity index (χ3n) is 6.23. The van der Waals surface area contributed by atoms with E-state index in [-0.39, 0.29) is 17.4 Å². The lowest BCUT2D eigenvalue weighted by molar-refractivity contribution is -0.129. The zero-order valence-electron chi connectivity index (χ0n) is 18.7. The van der Waals surface area contributed by atoms with Crippen LogP contribution in [0.3, 0.4) is 0 Å².